The monoisotopic (exact) mass is 375 g/mol. The zero-order chi connectivity index (χ0) is 19.7. The minimum Gasteiger partial charge on any atom is -0.342 e. The van der Waals surface area contributed by atoms with Crippen LogP contribution in [0.2, 0.25) is 0 Å². The number of benzene rings is 1. The van der Waals surface area contributed by atoms with Gasteiger partial charge in [-0.15, -0.1) is 0 Å². The van der Waals surface area contributed by atoms with Gasteiger partial charge >= 0.3 is 0 Å². The van der Waals surface area contributed by atoms with Gasteiger partial charge in [-0.05, 0) is 30.2 Å². The van der Waals surface area contributed by atoms with Crippen molar-refractivity contribution in [3.63, 3.8) is 0 Å². The normalized spacial score (nSPS) is 13.5. The first-order valence-electron chi connectivity index (χ1n) is 9.30. The van der Waals surface area contributed by atoms with Gasteiger partial charge in [0.1, 0.15) is 17.0 Å². The Hall–Kier alpha value is -3.48. The van der Waals surface area contributed by atoms with E-state index in [0.717, 1.165) is 17.5 Å². The Morgan fingerprint density at radius 2 is 2.00 bits per heavy atom. The fourth-order valence-electron chi connectivity index (χ4n) is 3.24. The minimum absolute atomic E-state index is 0.00751. The topological polar surface area (TPSA) is 92.2 Å². The summed E-state index contributed by atoms with van der Waals surface area (Å²) in [7, 11) is 0. The maximum Gasteiger partial charge on any atom is 0.270 e. The second-order valence-electron chi connectivity index (χ2n) is 6.88. The molecule has 0 aliphatic carbocycles. The summed E-state index contributed by atoms with van der Waals surface area (Å²) in [6, 6.07) is 12.6. The van der Waals surface area contributed by atoms with E-state index >= 15 is 0 Å². The maximum absolute atomic E-state index is 12.9. The molecule has 0 unspecified atom stereocenters. The first-order chi connectivity index (χ1) is 13.6. The largest absolute Gasteiger partial charge is 0.342 e. The van der Waals surface area contributed by atoms with Crippen LogP contribution in [0.3, 0.4) is 0 Å². The van der Waals surface area contributed by atoms with E-state index in [9.17, 15) is 9.59 Å². The van der Waals surface area contributed by atoms with Gasteiger partial charge in [0.15, 0.2) is 0 Å². The number of carbonyl (C=O) groups excluding carboxylic acids is 1. The summed E-state index contributed by atoms with van der Waals surface area (Å²) in [5.41, 5.74) is 1.86. The van der Waals surface area contributed by atoms with Gasteiger partial charge in [-0.25, -0.2) is 9.97 Å². The predicted molar refractivity (Wildman–Crippen MR) is 107 cm³/mol. The van der Waals surface area contributed by atoms with Crippen molar-refractivity contribution in [2.24, 2.45) is 5.92 Å². The quantitative estimate of drug-likeness (QED) is 0.561. The molecule has 0 fully saturated rings. The maximum atomic E-state index is 12.9. The van der Waals surface area contributed by atoms with Gasteiger partial charge in [0.25, 0.3) is 11.5 Å². The smallest absolute Gasteiger partial charge is 0.270 e. The molecule has 4 rings (SSSR count). The van der Waals surface area contributed by atoms with Crippen molar-refractivity contribution in [1.82, 2.24) is 24.7 Å². The second kappa shape index (κ2) is 7.26. The molecule has 0 spiro atoms. The predicted octanol–water partition coefficient (Wildman–Crippen LogP) is 3.09. The number of hydrogen-bond acceptors (Lipinski definition) is 4. The van der Waals surface area contributed by atoms with Crippen molar-refractivity contribution in [3.05, 3.63) is 76.6 Å². The fraction of sp³-hybridized carbons (Fsp3) is 0.238. The molecule has 7 nitrogen and oxygen atoms in total. The van der Waals surface area contributed by atoms with Gasteiger partial charge in [0.05, 0.1) is 17.1 Å². The minimum atomic E-state index is -0.457. The van der Waals surface area contributed by atoms with Crippen molar-refractivity contribution in [1.29, 1.82) is 0 Å². The molecule has 1 amide bonds. The molecule has 1 aromatic carbocycles. The number of nitrogens with zero attached hydrogens (tertiary/aromatic N) is 3. The standard InChI is InChI=1S/C21H21N5O2/c1-3-13(2)18(19-23-15-8-4-5-9-16(15)24-19)25-20(27)14-12-22-17-10-6-7-11-26(17)21(14)28/h4-13,18H,3H2,1-2H3,(H,23,24)(H,25,27)/t13-,18+/m0/s1. The molecule has 3 aromatic heterocycles. The van der Waals surface area contributed by atoms with E-state index in [1.165, 1.54) is 10.6 Å². The van der Waals surface area contributed by atoms with Gasteiger partial charge in [-0.1, -0.05) is 38.5 Å². The Morgan fingerprint density at radius 1 is 1.21 bits per heavy atom. The first kappa shape index (κ1) is 17.9. The van der Waals surface area contributed by atoms with Crippen molar-refractivity contribution in [2.45, 2.75) is 26.3 Å². The highest BCUT2D eigenvalue weighted by molar-refractivity contribution is 5.94. The number of amides is 1. The second-order valence-corrected chi connectivity index (χ2v) is 6.88. The Kier molecular flexibility index (Phi) is 4.65. The summed E-state index contributed by atoms with van der Waals surface area (Å²) in [6.45, 7) is 4.10. The molecule has 0 bridgehead atoms. The van der Waals surface area contributed by atoms with Crippen LogP contribution in [0.1, 0.15) is 42.5 Å². The van der Waals surface area contributed by atoms with Crippen LogP contribution < -0.4 is 10.9 Å². The lowest BCUT2D eigenvalue weighted by Crippen LogP contribution is -2.37. The third kappa shape index (κ3) is 3.15. The number of aromatic nitrogens is 4. The van der Waals surface area contributed by atoms with Crippen molar-refractivity contribution in [2.75, 3.05) is 0 Å². The number of rotatable bonds is 5. The van der Waals surface area contributed by atoms with Gasteiger partial charge in [-0.2, -0.15) is 0 Å². The number of H-pyrrole nitrogens is 1. The van der Waals surface area contributed by atoms with Crippen LogP contribution >= 0.6 is 0 Å². The highest BCUT2D eigenvalue weighted by atomic mass is 16.2. The summed E-state index contributed by atoms with van der Waals surface area (Å²) >= 11 is 0. The highest BCUT2D eigenvalue weighted by Gasteiger charge is 2.25. The third-order valence-electron chi connectivity index (χ3n) is 5.06. The Balaban J connectivity index is 1.70. The lowest BCUT2D eigenvalue weighted by atomic mass is 9.98. The molecule has 4 aromatic rings. The van der Waals surface area contributed by atoms with E-state index in [0.29, 0.717) is 11.5 Å². The summed E-state index contributed by atoms with van der Waals surface area (Å²) < 4.78 is 1.37. The Labute approximate surface area is 161 Å². The van der Waals surface area contributed by atoms with Crippen LogP contribution in [0.25, 0.3) is 16.7 Å². The number of imidazole rings is 1. The number of carbonyl (C=O) groups is 1. The molecular formula is C21H21N5O2. The number of fused-ring (bicyclic) bond motifs is 2. The van der Waals surface area contributed by atoms with E-state index in [1.54, 1.807) is 24.4 Å². The van der Waals surface area contributed by atoms with E-state index in [4.69, 9.17) is 0 Å². The lowest BCUT2D eigenvalue weighted by Gasteiger charge is -2.22. The van der Waals surface area contributed by atoms with Gasteiger partial charge in [0, 0.05) is 12.4 Å². The van der Waals surface area contributed by atoms with Crippen molar-refractivity contribution >= 4 is 22.6 Å². The molecule has 2 N–H and O–H groups in total. The molecule has 7 heteroatoms. The van der Waals surface area contributed by atoms with E-state index in [1.807, 2.05) is 31.2 Å². The average Bonchev–Trinajstić information content (AvgIpc) is 3.15. The molecule has 0 saturated carbocycles. The summed E-state index contributed by atoms with van der Waals surface area (Å²) in [6.07, 6.45) is 3.78. The van der Waals surface area contributed by atoms with Crippen LogP contribution in [0.4, 0.5) is 0 Å². The van der Waals surface area contributed by atoms with Crippen LogP contribution in [-0.2, 0) is 0 Å². The number of pyridine rings is 1. The van der Waals surface area contributed by atoms with Crippen molar-refractivity contribution in [3.8, 4) is 0 Å². The molecule has 3 heterocycles. The number of para-hydroxylation sites is 2. The SMILES string of the molecule is CC[C@H](C)[C@@H](NC(=O)c1cnc2ccccn2c1=O)c1nc2ccccc2[nH]1. The molecular weight excluding hydrogens is 354 g/mol. The van der Waals surface area contributed by atoms with Gasteiger partial charge < -0.3 is 10.3 Å². The lowest BCUT2D eigenvalue weighted by molar-refractivity contribution is 0.0918. The summed E-state index contributed by atoms with van der Waals surface area (Å²) in [5, 5.41) is 2.98. The molecule has 0 aliphatic heterocycles. The van der Waals surface area contributed by atoms with Gasteiger partial charge in [-0.3, -0.25) is 14.0 Å². The number of hydrogen-bond donors (Lipinski definition) is 2. The molecule has 28 heavy (non-hydrogen) atoms. The molecule has 0 saturated heterocycles. The van der Waals surface area contributed by atoms with Crippen LogP contribution in [0.5, 0.6) is 0 Å². The summed E-state index contributed by atoms with van der Waals surface area (Å²) in [4.78, 5) is 37.8. The van der Waals surface area contributed by atoms with Crippen LogP contribution in [0, 0.1) is 5.92 Å². The Morgan fingerprint density at radius 3 is 2.79 bits per heavy atom. The Bertz CT molecular complexity index is 1180. The highest BCUT2D eigenvalue weighted by Crippen LogP contribution is 2.24. The fourth-order valence-corrected chi connectivity index (χ4v) is 3.24. The van der Waals surface area contributed by atoms with Crippen molar-refractivity contribution < 1.29 is 4.79 Å². The molecule has 0 radical (unpaired) electrons. The van der Waals surface area contributed by atoms with E-state index < -0.39 is 11.5 Å². The molecule has 142 valence electrons. The average molecular weight is 375 g/mol. The molecule has 2 atom stereocenters. The van der Waals surface area contributed by atoms with E-state index in [-0.39, 0.29) is 17.5 Å². The third-order valence-corrected chi connectivity index (χ3v) is 5.06. The molecule has 0 aliphatic rings. The zero-order valence-corrected chi connectivity index (χ0v) is 15.7. The summed E-state index contributed by atoms with van der Waals surface area (Å²) in [5.74, 6) is 0.347. The zero-order valence-electron chi connectivity index (χ0n) is 15.7. The van der Waals surface area contributed by atoms with E-state index in [2.05, 4.69) is 27.2 Å². The first-order valence-corrected chi connectivity index (χ1v) is 9.30. The number of aromatic amines is 1. The van der Waals surface area contributed by atoms with Gasteiger partial charge in [0.2, 0.25) is 0 Å². The van der Waals surface area contributed by atoms with Crippen LogP contribution in [0.15, 0.2) is 59.7 Å². The number of nitrogens with one attached hydrogen (secondary N) is 2. The van der Waals surface area contributed by atoms with Crippen LogP contribution in [-0.4, -0.2) is 25.3 Å².